The van der Waals surface area contributed by atoms with Crippen LogP contribution in [0.1, 0.15) is 27.0 Å². The Morgan fingerprint density at radius 3 is 2.68 bits per heavy atom. The molecule has 0 aliphatic rings. The average molecular weight is 334 g/mol. The van der Waals surface area contributed by atoms with Crippen LogP contribution in [0.2, 0.25) is 0 Å². The summed E-state index contributed by atoms with van der Waals surface area (Å²) < 4.78 is 4.76. The molecule has 0 bridgehead atoms. The maximum atomic E-state index is 12.3. The highest BCUT2D eigenvalue weighted by Gasteiger charge is 2.14. The molecule has 2 aromatic rings. The second-order valence-corrected chi connectivity index (χ2v) is 5.41. The van der Waals surface area contributed by atoms with Gasteiger partial charge in [0.1, 0.15) is 0 Å². The second kappa shape index (κ2) is 8.46. The fourth-order valence-corrected chi connectivity index (χ4v) is 2.31. The van der Waals surface area contributed by atoms with Gasteiger partial charge in [-0.25, -0.2) is 4.79 Å². The SMILES string of the molecule is COC(=O)c1ccccc1CN(C)C(=O)/C=C/c1cccc(C#N)c1. The molecule has 2 aromatic carbocycles. The number of hydrogen-bond donors (Lipinski definition) is 0. The highest BCUT2D eigenvalue weighted by atomic mass is 16.5. The summed E-state index contributed by atoms with van der Waals surface area (Å²) in [4.78, 5) is 25.6. The second-order valence-electron chi connectivity index (χ2n) is 5.41. The van der Waals surface area contributed by atoms with Gasteiger partial charge in [-0.15, -0.1) is 0 Å². The van der Waals surface area contributed by atoms with Gasteiger partial charge >= 0.3 is 5.97 Å². The minimum absolute atomic E-state index is 0.206. The van der Waals surface area contributed by atoms with E-state index in [0.717, 1.165) is 5.56 Å². The number of rotatable bonds is 5. The van der Waals surface area contributed by atoms with Crippen molar-refractivity contribution in [1.82, 2.24) is 4.90 Å². The molecule has 0 radical (unpaired) electrons. The first-order chi connectivity index (χ1) is 12.0. The molecule has 0 aliphatic carbocycles. The van der Waals surface area contributed by atoms with E-state index in [4.69, 9.17) is 10.00 Å². The Balaban J connectivity index is 2.09. The highest BCUT2D eigenvalue weighted by Crippen LogP contribution is 2.13. The van der Waals surface area contributed by atoms with Crippen LogP contribution < -0.4 is 0 Å². The molecule has 0 fully saturated rings. The average Bonchev–Trinajstić information content (AvgIpc) is 2.66. The molecule has 0 saturated carbocycles. The van der Waals surface area contributed by atoms with Gasteiger partial charge in [0.2, 0.25) is 5.91 Å². The number of carbonyl (C=O) groups is 2. The van der Waals surface area contributed by atoms with Crippen LogP contribution in [0.4, 0.5) is 0 Å². The van der Waals surface area contributed by atoms with E-state index in [1.807, 2.05) is 12.1 Å². The third kappa shape index (κ3) is 4.79. The van der Waals surface area contributed by atoms with E-state index in [0.29, 0.717) is 16.7 Å². The number of carbonyl (C=O) groups excluding carboxylic acids is 2. The Bertz CT molecular complexity index is 850. The van der Waals surface area contributed by atoms with Crippen molar-refractivity contribution in [3.63, 3.8) is 0 Å². The van der Waals surface area contributed by atoms with Crippen molar-refractivity contribution in [3.05, 3.63) is 76.9 Å². The number of hydrogen-bond acceptors (Lipinski definition) is 4. The number of nitrogens with zero attached hydrogens (tertiary/aromatic N) is 2. The van der Waals surface area contributed by atoms with Gasteiger partial charge in [-0.1, -0.05) is 30.3 Å². The van der Waals surface area contributed by atoms with Gasteiger partial charge in [-0.2, -0.15) is 5.26 Å². The van der Waals surface area contributed by atoms with Crippen LogP contribution in [-0.2, 0) is 16.1 Å². The van der Waals surface area contributed by atoms with E-state index in [1.165, 1.54) is 18.1 Å². The lowest BCUT2D eigenvalue weighted by atomic mass is 10.1. The molecule has 5 heteroatoms. The van der Waals surface area contributed by atoms with Crippen LogP contribution in [0.25, 0.3) is 6.08 Å². The van der Waals surface area contributed by atoms with Gasteiger partial charge in [-0.3, -0.25) is 4.79 Å². The Kier molecular flexibility index (Phi) is 6.08. The van der Waals surface area contributed by atoms with Crippen LogP contribution in [0.15, 0.2) is 54.6 Å². The minimum atomic E-state index is -0.430. The number of nitriles is 1. The predicted octanol–water partition coefficient (Wildman–Crippen LogP) is 3.02. The molecule has 0 spiro atoms. The summed E-state index contributed by atoms with van der Waals surface area (Å²) in [6, 6.07) is 16.1. The maximum Gasteiger partial charge on any atom is 0.338 e. The fraction of sp³-hybridized carbons (Fsp3) is 0.150. The van der Waals surface area contributed by atoms with Crippen molar-refractivity contribution >= 4 is 18.0 Å². The fourth-order valence-electron chi connectivity index (χ4n) is 2.31. The smallest absolute Gasteiger partial charge is 0.338 e. The first-order valence-corrected chi connectivity index (χ1v) is 7.64. The van der Waals surface area contributed by atoms with E-state index < -0.39 is 5.97 Å². The van der Waals surface area contributed by atoms with Gasteiger partial charge in [0.05, 0.1) is 24.3 Å². The van der Waals surface area contributed by atoms with Crippen LogP contribution in [0.5, 0.6) is 0 Å². The third-order valence-electron chi connectivity index (χ3n) is 3.64. The molecule has 0 aliphatic heterocycles. The van der Waals surface area contributed by atoms with Crippen molar-refractivity contribution in [2.75, 3.05) is 14.2 Å². The summed E-state index contributed by atoms with van der Waals surface area (Å²) in [5, 5.41) is 8.90. The van der Waals surface area contributed by atoms with Gasteiger partial charge in [-0.05, 0) is 35.4 Å². The monoisotopic (exact) mass is 334 g/mol. The molecule has 0 aromatic heterocycles. The highest BCUT2D eigenvalue weighted by molar-refractivity contribution is 5.93. The molecule has 2 rings (SSSR count). The molecule has 0 atom stereocenters. The first-order valence-electron chi connectivity index (χ1n) is 7.64. The first kappa shape index (κ1) is 18.0. The summed E-state index contributed by atoms with van der Waals surface area (Å²) >= 11 is 0. The maximum absolute atomic E-state index is 12.3. The third-order valence-corrected chi connectivity index (χ3v) is 3.64. The van der Waals surface area contributed by atoms with Crippen molar-refractivity contribution in [2.24, 2.45) is 0 Å². The van der Waals surface area contributed by atoms with E-state index in [-0.39, 0.29) is 12.5 Å². The molecular formula is C20H18N2O3. The number of likely N-dealkylation sites (N-methyl/N-ethyl adjacent to an activating group) is 1. The van der Waals surface area contributed by atoms with E-state index in [9.17, 15) is 9.59 Å². The van der Waals surface area contributed by atoms with Crippen molar-refractivity contribution < 1.29 is 14.3 Å². The molecule has 0 heterocycles. The van der Waals surface area contributed by atoms with Crippen molar-refractivity contribution in [3.8, 4) is 6.07 Å². The lowest BCUT2D eigenvalue weighted by Gasteiger charge is -2.17. The van der Waals surface area contributed by atoms with E-state index >= 15 is 0 Å². The van der Waals surface area contributed by atoms with Crippen molar-refractivity contribution in [1.29, 1.82) is 5.26 Å². The van der Waals surface area contributed by atoms with Gasteiger partial charge in [0.15, 0.2) is 0 Å². The summed E-state index contributed by atoms with van der Waals surface area (Å²) in [6.07, 6.45) is 3.10. The molecule has 0 saturated heterocycles. The summed E-state index contributed by atoms with van der Waals surface area (Å²) in [7, 11) is 2.98. The van der Waals surface area contributed by atoms with E-state index in [2.05, 4.69) is 6.07 Å². The molecular weight excluding hydrogens is 316 g/mol. The number of ether oxygens (including phenoxy) is 1. The Hall–Kier alpha value is -3.39. The number of methoxy groups -OCH3 is 1. The molecule has 25 heavy (non-hydrogen) atoms. The van der Waals surface area contributed by atoms with Gasteiger partial charge in [0, 0.05) is 19.7 Å². The van der Waals surface area contributed by atoms with Crippen LogP contribution in [-0.4, -0.2) is 30.9 Å². The standard InChI is InChI=1S/C20H18N2O3/c1-22(14-17-8-3-4-9-18(17)20(24)25-2)19(23)11-10-15-6-5-7-16(12-15)13-21/h3-12H,14H2,1-2H3/b11-10+. The Labute approximate surface area is 146 Å². The Morgan fingerprint density at radius 2 is 1.96 bits per heavy atom. The zero-order valence-corrected chi connectivity index (χ0v) is 14.1. The number of amides is 1. The summed E-state index contributed by atoms with van der Waals surface area (Å²) in [6.45, 7) is 0.284. The molecule has 5 nitrogen and oxygen atoms in total. The summed E-state index contributed by atoms with van der Waals surface area (Å²) in [5.74, 6) is -0.637. The van der Waals surface area contributed by atoms with Crippen LogP contribution >= 0.6 is 0 Å². The van der Waals surface area contributed by atoms with Crippen molar-refractivity contribution in [2.45, 2.75) is 6.54 Å². The van der Waals surface area contributed by atoms with Gasteiger partial charge < -0.3 is 9.64 Å². The minimum Gasteiger partial charge on any atom is -0.465 e. The van der Waals surface area contributed by atoms with Crippen LogP contribution in [0.3, 0.4) is 0 Å². The normalized spacial score (nSPS) is 10.3. The lowest BCUT2D eigenvalue weighted by Crippen LogP contribution is -2.25. The predicted molar refractivity (Wildman–Crippen MR) is 94.4 cm³/mol. The van der Waals surface area contributed by atoms with E-state index in [1.54, 1.807) is 49.5 Å². The molecule has 0 N–H and O–H groups in total. The molecule has 0 unspecified atom stereocenters. The zero-order valence-electron chi connectivity index (χ0n) is 14.1. The number of esters is 1. The molecule has 126 valence electrons. The lowest BCUT2D eigenvalue weighted by molar-refractivity contribution is -0.125. The zero-order chi connectivity index (χ0) is 18.2. The van der Waals surface area contributed by atoms with Crippen LogP contribution in [0, 0.1) is 11.3 Å². The Morgan fingerprint density at radius 1 is 1.20 bits per heavy atom. The number of benzene rings is 2. The summed E-state index contributed by atoms with van der Waals surface area (Å²) in [5.41, 5.74) is 2.46. The largest absolute Gasteiger partial charge is 0.465 e. The molecule has 1 amide bonds. The quantitative estimate of drug-likeness (QED) is 0.622. The topological polar surface area (TPSA) is 70.4 Å². The van der Waals surface area contributed by atoms with Gasteiger partial charge in [0.25, 0.3) is 0 Å².